The predicted molar refractivity (Wildman–Crippen MR) is 64.8 cm³/mol. The summed E-state index contributed by atoms with van der Waals surface area (Å²) >= 11 is 0. The molecule has 1 aliphatic carbocycles. The summed E-state index contributed by atoms with van der Waals surface area (Å²) in [5.74, 6) is -0.447. The van der Waals surface area contributed by atoms with Gasteiger partial charge < -0.3 is 10.2 Å². The lowest BCUT2D eigenvalue weighted by Crippen LogP contribution is -2.40. The SMILES string of the molecule is CCC(C(=O)O)N1CC(CO)C2(CCCC2)C1. The second-order valence-corrected chi connectivity index (χ2v) is 5.64. The number of nitrogens with zero attached hydrogens (tertiary/aromatic N) is 1. The zero-order chi connectivity index (χ0) is 12.5. The van der Waals surface area contributed by atoms with Gasteiger partial charge in [-0.3, -0.25) is 9.69 Å². The van der Waals surface area contributed by atoms with Crippen molar-refractivity contribution in [3.8, 4) is 0 Å². The number of rotatable bonds is 4. The summed E-state index contributed by atoms with van der Waals surface area (Å²) in [4.78, 5) is 13.3. The molecule has 0 radical (unpaired) electrons. The number of hydrogen-bond donors (Lipinski definition) is 2. The molecule has 0 aromatic rings. The molecule has 1 aliphatic heterocycles. The van der Waals surface area contributed by atoms with Crippen LogP contribution in [-0.4, -0.2) is 46.8 Å². The molecule has 4 heteroatoms. The summed E-state index contributed by atoms with van der Waals surface area (Å²) in [6, 6.07) is -0.371. The van der Waals surface area contributed by atoms with Gasteiger partial charge in [0.1, 0.15) is 6.04 Å². The van der Waals surface area contributed by atoms with Gasteiger partial charge >= 0.3 is 5.97 Å². The summed E-state index contributed by atoms with van der Waals surface area (Å²) in [6.07, 6.45) is 5.42. The second kappa shape index (κ2) is 4.94. The zero-order valence-corrected chi connectivity index (χ0v) is 10.6. The number of carboxylic acids is 1. The molecule has 1 saturated carbocycles. The normalized spacial score (nSPS) is 29.9. The van der Waals surface area contributed by atoms with E-state index in [9.17, 15) is 15.0 Å². The highest BCUT2D eigenvalue weighted by Crippen LogP contribution is 2.49. The molecule has 4 nitrogen and oxygen atoms in total. The lowest BCUT2D eigenvalue weighted by atomic mass is 9.77. The highest BCUT2D eigenvalue weighted by atomic mass is 16.4. The average molecular weight is 241 g/mol. The van der Waals surface area contributed by atoms with Crippen molar-refractivity contribution in [1.29, 1.82) is 0 Å². The number of aliphatic hydroxyl groups excluding tert-OH is 1. The molecule has 0 bridgehead atoms. The molecule has 0 amide bonds. The minimum Gasteiger partial charge on any atom is -0.480 e. The molecule has 2 rings (SSSR count). The molecule has 0 aromatic heterocycles. The Morgan fingerprint density at radius 2 is 2.12 bits per heavy atom. The van der Waals surface area contributed by atoms with Crippen molar-refractivity contribution in [2.45, 2.75) is 45.1 Å². The highest BCUT2D eigenvalue weighted by molar-refractivity contribution is 5.73. The average Bonchev–Trinajstić information content (AvgIpc) is 2.88. The molecule has 2 unspecified atom stereocenters. The van der Waals surface area contributed by atoms with E-state index in [2.05, 4.69) is 4.90 Å². The Kier molecular flexibility index (Phi) is 3.73. The zero-order valence-electron chi connectivity index (χ0n) is 10.6. The molecule has 98 valence electrons. The molecule has 1 heterocycles. The molecular formula is C13H23NO3. The van der Waals surface area contributed by atoms with Crippen LogP contribution in [0.5, 0.6) is 0 Å². The lowest BCUT2D eigenvalue weighted by molar-refractivity contribution is -0.143. The third-order valence-corrected chi connectivity index (χ3v) is 4.77. The molecule has 2 aliphatic rings. The summed E-state index contributed by atoms with van der Waals surface area (Å²) in [5.41, 5.74) is 0.206. The Balaban J connectivity index is 2.11. The van der Waals surface area contributed by atoms with Crippen LogP contribution >= 0.6 is 0 Å². The number of carboxylic acid groups (broad SMARTS) is 1. The molecule has 1 saturated heterocycles. The Morgan fingerprint density at radius 3 is 2.59 bits per heavy atom. The summed E-state index contributed by atoms with van der Waals surface area (Å²) in [6.45, 7) is 3.74. The minimum atomic E-state index is -0.723. The maximum atomic E-state index is 11.2. The van der Waals surface area contributed by atoms with Crippen molar-refractivity contribution < 1.29 is 15.0 Å². The van der Waals surface area contributed by atoms with Crippen LogP contribution in [0.25, 0.3) is 0 Å². The molecule has 1 spiro atoms. The number of likely N-dealkylation sites (tertiary alicyclic amines) is 1. The lowest BCUT2D eigenvalue weighted by Gasteiger charge is -2.29. The van der Waals surface area contributed by atoms with Crippen molar-refractivity contribution in [2.75, 3.05) is 19.7 Å². The Hall–Kier alpha value is -0.610. The van der Waals surface area contributed by atoms with E-state index in [0.29, 0.717) is 6.42 Å². The maximum absolute atomic E-state index is 11.2. The Morgan fingerprint density at radius 1 is 1.47 bits per heavy atom. The first-order chi connectivity index (χ1) is 8.13. The number of aliphatic carboxylic acids is 1. The first-order valence-corrected chi connectivity index (χ1v) is 6.70. The smallest absolute Gasteiger partial charge is 0.320 e. The number of hydrogen-bond acceptors (Lipinski definition) is 3. The fourth-order valence-electron chi connectivity index (χ4n) is 3.80. The predicted octanol–water partition coefficient (Wildman–Crippen LogP) is 1.33. The van der Waals surface area contributed by atoms with Crippen molar-refractivity contribution in [1.82, 2.24) is 4.90 Å². The topological polar surface area (TPSA) is 60.8 Å². The largest absolute Gasteiger partial charge is 0.480 e. The molecule has 17 heavy (non-hydrogen) atoms. The van der Waals surface area contributed by atoms with Gasteiger partial charge in [-0.15, -0.1) is 0 Å². The second-order valence-electron chi connectivity index (χ2n) is 5.64. The molecule has 0 aromatic carbocycles. The number of aliphatic hydroxyl groups is 1. The van der Waals surface area contributed by atoms with Gasteiger partial charge in [-0.1, -0.05) is 19.8 Å². The Labute approximate surface area is 103 Å². The highest BCUT2D eigenvalue weighted by Gasteiger charge is 2.49. The summed E-state index contributed by atoms with van der Waals surface area (Å²) in [5, 5.41) is 18.7. The fraction of sp³-hybridized carbons (Fsp3) is 0.923. The van der Waals surface area contributed by atoms with E-state index in [0.717, 1.165) is 25.9 Å². The summed E-state index contributed by atoms with van der Waals surface area (Å²) in [7, 11) is 0. The van der Waals surface area contributed by atoms with Crippen molar-refractivity contribution in [3.05, 3.63) is 0 Å². The van der Waals surface area contributed by atoms with E-state index >= 15 is 0 Å². The monoisotopic (exact) mass is 241 g/mol. The van der Waals surface area contributed by atoms with Crippen LogP contribution in [0.1, 0.15) is 39.0 Å². The van der Waals surface area contributed by atoms with Crippen LogP contribution in [0.3, 0.4) is 0 Å². The molecule has 2 N–H and O–H groups in total. The molecule has 2 fully saturated rings. The van der Waals surface area contributed by atoms with Crippen molar-refractivity contribution >= 4 is 5.97 Å². The van der Waals surface area contributed by atoms with Gasteiger partial charge in [-0.25, -0.2) is 0 Å². The van der Waals surface area contributed by atoms with Crippen molar-refractivity contribution in [3.63, 3.8) is 0 Å². The van der Waals surface area contributed by atoms with E-state index in [4.69, 9.17) is 0 Å². The van der Waals surface area contributed by atoms with E-state index in [1.807, 2.05) is 6.92 Å². The fourth-order valence-corrected chi connectivity index (χ4v) is 3.80. The van der Waals surface area contributed by atoms with E-state index < -0.39 is 5.97 Å². The summed E-state index contributed by atoms with van der Waals surface area (Å²) < 4.78 is 0. The van der Waals surface area contributed by atoms with Gasteiger partial charge in [-0.2, -0.15) is 0 Å². The van der Waals surface area contributed by atoms with Gasteiger partial charge in [-0.05, 0) is 24.7 Å². The minimum absolute atomic E-state index is 0.201. The van der Waals surface area contributed by atoms with Gasteiger partial charge in [0.25, 0.3) is 0 Å². The third kappa shape index (κ3) is 2.20. The third-order valence-electron chi connectivity index (χ3n) is 4.77. The van der Waals surface area contributed by atoms with Crippen molar-refractivity contribution in [2.24, 2.45) is 11.3 Å². The van der Waals surface area contributed by atoms with Gasteiger partial charge in [0.15, 0.2) is 0 Å². The van der Waals surface area contributed by atoms with Gasteiger partial charge in [0, 0.05) is 25.6 Å². The van der Waals surface area contributed by atoms with Crippen LogP contribution in [-0.2, 0) is 4.79 Å². The van der Waals surface area contributed by atoms with Crippen LogP contribution in [0.2, 0.25) is 0 Å². The van der Waals surface area contributed by atoms with Gasteiger partial charge in [0.2, 0.25) is 0 Å². The molecule has 2 atom stereocenters. The van der Waals surface area contributed by atoms with E-state index in [1.54, 1.807) is 0 Å². The maximum Gasteiger partial charge on any atom is 0.320 e. The van der Waals surface area contributed by atoms with E-state index in [1.165, 1.54) is 12.8 Å². The van der Waals surface area contributed by atoms with Crippen LogP contribution in [0.4, 0.5) is 0 Å². The first kappa shape index (κ1) is 12.8. The quantitative estimate of drug-likeness (QED) is 0.779. The van der Waals surface area contributed by atoms with Gasteiger partial charge in [0.05, 0.1) is 0 Å². The Bertz CT molecular complexity index is 286. The standard InChI is InChI=1S/C13H23NO3/c1-2-11(12(16)17)14-7-10(8-15)13(9-14)5-3-4-6-13/h10-11,15H,2-9H2,1H3,(H,16,17). The van der Waals surface area contributed by atoms with Crippen LogP contribution < -0.4 is 0 Å². The first-order valence-electron chi connectivity index (χ1n) is 6.70. The van der Waals surface area contributed by atoms with E-state index in [-0.39, 0.29) is 24.0 Å². The molecular weight excluding hydrogens is 218 g/mol. The van der Waals surface area contributed by atoms with Crippen LogP contribution in [0, 0.1) is 11.3 Å². The van der Waals surface area contributed by atoms with Crippen LogP contribution in [0.15, 0.2) is 0 Å². The number of carbonyl (C=O) groups is 1.